The smallest absolute Gasteiger partial charge is 0.151 e. The Morgan fingerprint density at radius 2 is 2.33 bits per heavy atom. The minimum Gasteiger partial charge on any atom is -0.483 e. The lowest BCUT2D eigenvalue weighted by atomic mass is 10.4. The van der Waals surface area contributed by atoms with Gasteiger partial charge in [0.05, 0.1) is 6.61 Å². The van der Waals surface area contributed by atoms with Crippen molar-refractivity contribution < 1.29 is 9.47 Å². The van der Waals surface area contributed by atoms with Crippen LogP contribution >= 0.6 is 20.7 Å². The van der Waals surface area contributed by atoms with Crippen LogP contribution < -0.4 is 0 Å². The highest BCUT2D eigenvalue weighted by Gasteiger charge is 2.03. The van der Waals surface area contributed by atoms with Gasteiger partial charge in [-0.05, 0) is 37.7 Å². The zero-order chi connectivity index (χ0) is 8.81. The van der Waals surface area contributed by atoms with E-state index >= 15 is 0 Å². The van der Waals surface area contributed by atoms with E-state index in [0.29, 0.717) is 6.61 Å². The normalized spacial score (nSPS) is 18.0. The molecular weight excluding hydrogens is 267 g/mol. The van der Waals surface area contributed by atoms with Crippen LogP contribution in [0.3, 0.4) is 0 Å². The first-order valence-electron chi connectivity index (χ1n) is 3.82. The number of hydrogen-bond acceptors (Lipinski definition) is 2. The van der Waals surface area contributed by atoms with Gasteiger partial charge in [-0.1, -0.05) is 12.2 Å². The van der Waals surface area contributed by atoms with Crippen molar-refractivity contribution in [1.82, 2.24) is 0 Å². The Balaban J connectivity index is 2.36. The topological polar surface area (TPSA) is 18.5 Å². The average Bonchev–Trinajstić information content (AvgIpc) is 2.06. The van der Waals surface area contributed by atoms with Crippen LogP contribution in [-0.4, -0.2) is 23.8 Å². The molecule has 0 saturated carbocycles. The maximum absolute atomic E-state index is 5.63. The molecular formula is C9H13IO2. The Morgan fingerprint density at radius 1 is 1.50 bits per heavy atom. The van der Waals surface area contributed by atoms with Gasteiger partial charge < -0.3 is 9.47 Å². The molecule has 0 fully saturated rings. The van der Waals surface area contributed by atoms with E-state index in [4.69, 9.17) is 9.47 Å². The molecule has 0 amide bonds. The third-order valence-electron chi connectivity index (χ3n) is 1.30. The Hall–Kier alpha value is -0.160. The highest BCUT2D eigenvalue weighted by atomic mass is 127. The lowest BCUT2D eigenvalue weighted by Gasteiger charge is -2.14. The van der Waals surface area contributed by atoms with E-state index in [1.54, 1.807) is 7.11 Å². The van der Waals surface area contributed by atoms with Crippen LogP contribution in [0.25, 0.3) is 0 Å². The van der Waals surface area contributed by atoms with Crippen molar-refractivity contribution in [2.75, 3.05) is 13.7 Å². The maximum Gasteiger partial charge on any atom is 0.151 e. The summed E-state index contributed by atoms with van der Waals surface area (Å²) in [5.41, 5.74) is 0. The number of allylic oxidation sites excluding steroid dienone is 3. The van der Waals surface area contributed by atoms with E-state index in [2.05, 4.69) is 10.1 Å². The van der Waals surface area contributed by atoms with Crippen molar-refractivity contribution >= 4 is 24.7 Å². The van der Waals surface area contributed by atoms with Crippen LogP contribution in [0.5, 0.6) is 0 Å². The van der Waals surface area contributed by atoms with Crippen molar-refractivity contribution in [2.45, 2.75) is 13.0 Å². The molecule has 0 aliphatic carbocycles. The molecule has 3 heteroatoms. The summed E-state index contributed by atoms with van der Waals surface area (Å²) in [7, 11) is 1.69. The second kappa shape index (κ2) is 5.48. The highest BCUT2D eigenvalue weighted by molar-refractivity contribution is 14.2. The van der Waals surface area contributed by atoms with Gasteiger partial charge in [0.25, 0.3) is 0 Å². The van der Waals surface area contributed by atoms with Crippen molar-refractivity contribution in [1.29, 1.82) is 0 Å². The molecule has 0 N–H and O–H groups in total. The molecule has 1 aliphatic rings. The largest absolute Gasteiger partial charge is 0.483 e. The summed E-state index contributed by atoms with van der Waals surface area (Å²) in [5.74, 6) is 0. The number of halogens is 1. The molecule has 0 saturated heterocycles. The first-order valence-corrected chi connectivity index (χ1v) is 6.14. The average molecular weight is 280 g/mol. The zero-order valence-corrected chi connectivity index (χ0v) is 9.45. The Morgan fingerprint density at radius 3 is 2.92 bits per heavy atom. The second-order valence-corrected chi connectivity index (χ2v) is 4.88. The molecule has 1 rings (SSSR count). The summed E-state index contributed by atoms with van der Waals surface area (Å²) in [4.78, 5) is 0. The van der Waals surface area contributed by atoms with Crippen molar-refractivity contribution in [3.63, 3.8) is 0 Å². The Labute approximate surface area is 83.0 Å². The molecule has 0 bridgehead atoms. The number of ether oxygens (including phenoxy) is 2. The SMILES string of the molecule is COCC(C)OC1=CC=CC=I1. The van der Waals surface area contributed by atoms with Crippen molar-refractivity contribution in [3.05, 3.63) is 22.0 Å². The van der Waals surface area contributed by atoms with E-state index in [0.717, 1.165) is 3.77 Å². The monoisotopic (exact) mass is 280 g/mol. The summed E-state index contributed by atoms with van der Waals surface area (Å²) in [5, 5.41) is 0. The fourth-order valence-electron chi connectivity index (χ4n) is 0.834. The van der Waals surface area contributed by atoms with Crippen LogP contribution in [-0.2, 0) is 9.47 Å². The Kier molecular flexibility index (Phi) is 4.53. The Bertz CT molecular complexity index is 219. The van der Waals surface area contributed by atoms with E-state index in [9.17, 15) is 0 Å². The first-order chi connectivity index (χ1) is 5.83. The molecule has 1 atom stereocenters. The van der Waals surface area contributed by atoms with Crippen LogP contribution in [0.2, 0.25) is 0 Å². The molecule has 0 spiro atoms. The van der Waals surface area contributed by atoms with E-state index < -0.39 is 0 Å². The molecule has 0 aromatic carbocycles. The molecule has 2 nitrogen and oxygen atoms in total. The molecule has 1 unspecified atom stereocenters. The molecule has 12 heavy (non-hydrogen) atoms. The third-order valence-corrected chi connectivity index (χ3v) is 3.30. The van der Waals surface area contributed by atoms with Gasteiger partial charge in [0.2, 0.25) is 0 Å². The standard InChI is InChI=1S/C9H13IO2/c1-8(7-11-2)12-9-5-3-4-6-10-9/h3-6,8H,7H2,1-2H3. The molecule has 1 heterocycles. The van der Waals surface area contributed by atoms with E-state index in [1.165, 1.54) is 0 Å². The van der Waals surface area contributed by atoms with Crippen molar-refractivity contribution in [2.24, 2.45) is 0 Å². The molecule has 1 aliphatic heterocycles. The lowest BCUT2D eigenvalue weighted by molar-refractivity contribution is 0.0612. The van der Waals surface area contributed by atoms with Gasteiger partial charge in [-0.15, -0.1) is 0 Å². The zero-order valence-electron chi connectivity index (χ0n) is 7.29. The van der Waals surface area contributed by atoms with Gasteiger partial charge in [0, 0.05) is 7.11 Å². The van der Waals surface area contributed by atoms with Gasteiger partial charge in [0.15, 0.2) is 3.77 Å². The van der Waals surface area contributed by atoms with E-state index in [-0.39, 0.29) is 26.8 Å². The van der Waals surface area contributed by atoms with Gasteiger partial charge >= 0.3 is 0 Å². The minimum atomic E-state index is -0.0247. The van der Waals surface area contributed by atoms with Gasteiger partial charge in [-0.25, -0.2) is 0 Å². The number of hydrogen-bond donors (Lipinski definition) is 0. The maximum atomic E-state index is 5.63. The molecule has 0 aromatic rings. The van der Waals surface area contributed by atoms with E-state index in [1.807, 2.05) is 19.1 Å². The third kappa shape index (κ3) is 3.49. The highest BCUT2D eigenvalue weighted by Crippen LogP contribution is 2.19. The van der Waals surface area contributed by atoms with Crippen LogP contribution in [0.15, 0.2) is 22.0 Å². The lowest BCUT2D eigenvalue weighted by Crippen LogP contribution is -2.13. The molecule has 0 aromatic heterocycles. The van der Waals surface area contributed by atoms with Gasteiger partial charge in [0.1, 0.15) is 6.10 Å². The molecule has 68 valence electrons. The quantitative estimate of drug-likeness (QED) is 0.735. The number of rotatable bonds is 4. The van der Waals surface area contributed by atoms with Crippen molar-refractivity contribution in [3.8, 4) is 0 Å². The van der Waals surface area contributed by atoms with Crippen LogP contribution in [0, 0.1) is 0 Å². The summed E-state index contributed by atoms with van der Waals surface area (Å²) >= 11 is -0.0247. The fourth-order valence-corrected chi connectivity index (χ4v) is 2.63. The molecule has 0 radical (unpaired) electrons. The van der Waals surface area contributed by atoms with Gasteiger partial charge in [-0.2, -0.15) is 0 Å². The summed E-state index contributed by atoms with van der Waals surface area (Å²) < 4.78 is 13.9. The second-order valence-electron chi connectivity index (χ2n) is 2.47. The minimum absolute atomic E-state index is 0.0247. The first kappa shape index (κ1) is 9.92. The summed E-state index contributed by atoms with van der Waals surface area (Å²) in [6, 6.07) is 0. The summed E-state index contributed by atoms with van der Waals surface area (Å²) in [6.45, 7) is 2.68. The van der Waals surface area contributed by atoms with Crippen LogP contribution in [0.4, 0.5) is 0 Å². The predicted octanol–water partition coefficient (Wildman–Crippen LogP) is 2.22. The van der Waals surface area contributed by atoms with Crippen LogP contribution in [0.1, 0.15) is 6.92 Å². The predicted molar refractivity (Wildman–Crippen MR) is 59.7 cm³/mol. The fraction of sp³-hybridized carbons (Fsp3) is 0.444. The summed E-state index contributed by atoms with van der Waals surface area (Å²) in [6.07, 6.45) is 6.29. The van der Waals surface area contributed by atoms with Gasteiger partial charge in [-0.3, -0.25) is 0 Å². The number of methoxy groups -OCH3 is 1.